The molecule has 4 nitrogen and oxygen atoms in total. The predicted molar refractivity (Wildman–Crippen MR) is 78.9 cm³/mol. The summed E-state index contributed by atoms with van der Waals surface area (Å²) in [6.07, 6.45) is 1.16. The van der Waals surface area contributed by atoms with Gasteiger partial charge in [-0.3, -0.25) is 4.57 Å². The Morgan fingerprint density at radius 2 is 1.90 bits per heavy atom. The number of fused-ring (bicyclic) bond motifs is 1. The van der Waals surface area contributed by atoms with E-state index in [-0.39, 0.29) is 10.7 Å². The van der Waals surface area contributed by atoms with E-state index >= 15 is 0 Å². The number of hydrogen-bond donors (Lipinski definition) is 0. The van der Waals surface area contributed by atoms with Crippen LogP contribution in [0.15, 0.2) is 47.4 Å². The lowest BCUT2D eigenvalue weighted by Gasteiger charge is -2.08. The second-order valence-electron chi connectivity index (χ2n) is 4.90. The maximum Gasteiger partial charge on any atom is 0.175 e. The first-order chi connectivity index (χ1) is 9.86. The molecule has 0 aliphatic heterocycles. The van der Waals surface area contributed by atoms with Crippen LogP contribution in [0.4, 0.5) is 4.39 Å². The van der Waals surface area contributed by atoms with Crippen molar-refractivity contribution in [2.24, 2.45) is 0 Å². The van der Waals surface area contributed by atoms with Gasteiger partial charge in [0, 0.05) is 18.0 Å². The van der Waals surface area contributed by atoms with E-state index in [4.69, 9.17) is 0 Å². The van der Waals surface area contributed by atoms with E-state index in [1.165, 1.54) is 18.2 Å². The number of aromatic nitrogens is 2. The van der Waals surface area contributed by atoms with Gasteiger partial charge in [0.15, 0.2) is 9.84 Å². The highest BCUT2D eigenvalue weighted by atomic mass is 32.2. The van der Waals surface area contributed by atoms with E-state index < -0.39 is 9.84 Å². The molecule has 21 heavy (non-hydrogen) atoms. The molecule has 0 spiro atoms. The van der Waals surface area contributed by atoms with E-state index in [1.54, 1.807) is 35.8 Å². The molecule has 6 heteroatoms. The van der Waals surface area contributed by atoms with Crippen LogP contribution >= 0.6 is 0 Å². The van der Waals surface area contributed by atoms with Crippen LogP contribution in [-0.4, -0.2) is 24.2 Å². The van der Waals surface area contributed by atoms with Crippen molar-refractivity contribution in [1.29, 1.82) is 0 Å². The average molecular weight is 304 g/mol. The lowest BCUT2D eigenvalue weighted by atomic mass is 10.2. The summed E-state index contributed by atoms with van der Waals surface area (Å²) in [5.74, 6) is 0.309. The number of halogens is 1. The predicted octanol–water partition coefficient (Wildman–Crippen LogP) is 2.88. The molecule has 1 heterocycles. The molecule has 0 fully saturated rings. The zero-order valence-corrected chi connectivity index (χ0v) is 12.4. The Morgan fingerprint density at radius 3 is 2.62 bits per heavy atom. The van der Waals surface area contributed by atoms with Crippen LogP contribution in [0.5, 0.6) is 0 Å². The van der Waals surface area contributed by atoms with Gasteiger partial charge in [-0.15, -0.1) is 0 Å². The minimum Gasteiger partial charge on any atom is -0.296 e. The summed E-state index contributed by atoms with van der Waals surface area (Å²) in [4.78, 5) is 4.59. The van der Waals surface area contributed by atoms with Crippen LogP contribution in [0.2, 0.25) is 0 Å². The van der Waals surface area contributed by atoms with Crippen LogP contribution in [0.1, 0.15) is 5.82 Å². The molecule has 1 aromatic heterocycles. The molecular formula is C15H13FN2O2S. The molecule has 3 aromatic rings. The van der Waals surface area contributed by atoms with Gasteiger partial charge in [0.05, 0.1) is 15.9 Å². The van der Waals surface area contributed by atoms with Crippen molar-refractivity contribution >= 4 is 20.9 Å². The number of imidazole rings is 1. The van der Waals surface area contributed by atoms with E-state index in [0.717, 1.165) is 6.26 Å². The molecule has 0 aliphatic rings. The second-order valence-corrected chi connectivity index (χ2v) is 6.91. The fourth-order valence-corrected chi connectivity index (χ4v) is 3.01. The highest BCUT2D eigenvalue weighted by Gasteiger charge is 2.13. The standard InChI is InChI=1S/C15H13FN2O2S/c1-10-17-14-7-6-11(16)8-15(14)18(10)12-4-3-5-13(9-12)21(2,19)20/h3-9H,1-2H3. The topological polar surface area (TPSA) is 52.0 Å². The van der Waals surface area contributed by atoms with Gasteiger partial charge in [0.2, 0.25) is 0 Å². The number of hydrogen-bond acceptors (Lipinski definition) is 3. The van der Waals surface area contributed by atoms with Crippen LogP contribution in [0.3, 0.4) is 0 Å². The Labute approximate surface area is 121 Å². The first-order valence-corrected chi connectivity index (χ1v) is 8.20. The Morgan fingerprint density at radius 1 is 1.14 bits per heavy atom. The third kappa shape index (κ3) is 2.42. The van der Waals surface area contributed by atoms with Gasteiger partial charge < -0.3 is 0 Å². The van der Waals surface area contributed by atoms with Crippen molar-refractivity contribution in [3.05, 3.63) is 54.1 Å². The van der Waals surface area contributed by atoms with Crippen molar-refractivity contribution < 1.29 is 12.8 Å². The average Bonchev–Trinajstić information content (AvgIpc) is 2.73. The monoisotopic (exact) mass is 304 g/mol. The van der Waals surface area contributed by atoms with Crippen LogP contribution in [0.25, 0.3) is 16.7 Å². The zero-order valence-electron chi connectivity index (χ0n) is 11.5. The summed E-state index contributed by atoms with van der Waals surface area (Å²) in [5, 5.41) is 0. The number of benzene rings is 2. The Kier molecular flexibility index (Phi) is 3.06. The minimum atomic E-state index is -3.30. The summed E-state index contributed by atoms with van der Waals surface area (Å²) < 4.78 is 38.6. The zero-order chi connectivity index (χ0) is 15.2. The first kappa shape index (κ1) is 13.8. The smallest absolute Gasteiger partial charge is 0.175 e. The molecule has 0 unspecified atom stereocenters. The fraction of sp³-hybridized carbons (Fsp3) is 0.133. The van der Waals surface area contributed by atoms with Crippen molar-refractivity contribution in [1.82, 2.24) is 9.55 Å². The molecule has 0 radical (unpaired) electrons. The first-order valence-electron chi connectivity index (χ1n) is 6.31. The lowest BCUT2D eigenvalue weighted by molar-refractivity contribution is 0.601. The van der Waals surface area contributed by atoms with Gasteiger partial charge in [-0.05, 0) is 37.3 Å². The number of nitrogens with zero attached hydrogens (tertiary/aromatic N) is 2. The third-order valence-electron chi connectivity index (χ3n) is 3.29. The molecule has 0 N–H and O–H groups in total. The van der Waals surface area contributed by atoms with Crippen molar-refractivity contribution in [2.75, 3.05) is 6.26 Å². The summed E-state index contributed by atoms with van der Waals surface area (Å²) in [6.45, 7) is 1.80. The Hall–Kier alpha value is -2.21. The van der Waals surface area contributed by atoms with Crippen molar-refractivity contribution in [2.45, 2.75) is 11.8 Å². The molecule has 108 valence electrons. The molecule has 0 aliphatic carbocycles. The number of rotatable bonds is 2. The Bertz CT molecular complexity index is 945. The minimum absolute atomic E-state index is 0.220. The maximum atomic E-state index is 13.5. The highest BCUT2D eigenvalue weighted by molar-refractivity contribution is 7.90. The summed E-state index contributed by atoms with van der Waals surface area (Å²) in [7, 11) is -3.30. The van der Waals surface area contributed by atoms with Gasteiger partial charge in [-0.2, -0.15) is 0 Å². The molecule has 0 bridgehead atoms. The number of sulfone groups is 1. The normalized spacial score (nSPS) is 12.0. The van der Waals surface area contributed by atoms with E-state index in [0.29, 0.717) is 22.5 Å². The van der Waals surface area contributed by atoms with Gasteiger partial charge in [-0.25, -0.2) is 17.8 Å². The quantitative estimate of drug-likeness (QED) is 0.731. The molecule has 2 aromatic carbocycles. The van der Waals surface area contributed by atoms with Gasteiger partial charge in [-0.1, -0.05) is 6.07 Å². The van der Waals surface area contributed by atoms with E-state index in [9.17, 15) is 12.8 Å². The van der Waals surface area contributed by atoms with E-state index in [1.807, 2.05) is 0 Å². The Balaban J connectivity index is 2.30. The molecule has 0 atom stereocenters. The van der Waals surface area contributed by atoms with Crippen molar-refractivity contribution in [3.8, 4) is 5.69 Å². The SMILES string of the molecule is Cc1nc2ccc(F)cc2n1-c1cccc(S(C)(=O)=O)c1. The molecule has 0 saturated heterocycles. The summed E-state index contributed by atoms with van der Waals surface area (Å²) in [6, 6.07) is 10.9. The third-order valence-corrected chi connectivity index (χ3v) is 4.40. The van der Waals surface area contributed by atoms with Gasteiger partial charge in [0.1, 0.15) is 11.6 Å². The summed E-state index contributed by atoms with van der Waals surface area (Å²) >= 11 is 0. The number of aryl methyl sites for hydroxylation is 1. The molecule has 0 saturated carbocycles. The highest BCUT2D eigenvalue weighted by Crippen LogP contribution is 2.23. The molecule has 0 amide bonds. The maximum absolute atomic E-state index is 13.5. The molecular weight excluding hydrogens is 291 g/mol. The van der Waals surface area contributed by atoms with Crippen LogP contribution in [0, 0.1) is 12.7 Å². The van der Waals surface area contributed by atoms with Gasteiger partial charge in [0.25, 0.3) is 0 Å². The second kappa shape index (κ2) is 4.66. The van der Waals surface area contributed by atoms with Crippen LogP contribution < -0.4 is 0 Å². The fourth-order valence-electron chi connectivity index (χ4n) is 2.35. The van der Waals surface area contributed by atoms with Gasteiger partial charge >= 0.3 is 0 Å². The van der Waals surface area contributed by atoms with Crippen LogP contribution in [-0.2, 0) is 9.84 Å². The van der Waals surface area contributed by atoms with E-state index in [2.05, 4.69) is 4.98 Å². The largest absolute Gasteiger partial charge is 0.296 e. The molecule has 3 rings (SSSR count). The lowest BCUT2D eigenvalue weighted by Crippen LogP contribution is -2.01. The summed E-state index contributed by atoms with van der Waals surface area (Å²) in [5.41, 5.74) is 1.92. The van der Waals surface area contributed by atoms with Crippen molar-refractivity contribution in [3.63, 3.8) is 0 Å².